The second kappa shape index (κ2) is 11.0. The fraction of sp³-hybridized carbons (Fsp3) is 0.240. The fourth-order valence-corrected chi connectivity index (χ4v) is 4.25. The molecule has 6 heteroatoms. The van der Waals surface area contributed by atoms with E-state index in [1.54, 1.807) is 12.1 Å². The van der Waals surface area contributed by atoms with Crippen molar-refractivity contribution in [1.82, 2.24) is 10.6 Å². The van der Waals surface area contributed by atoms with Crippen molar-refractivity contribution in [3.05, 3.63) is 107 Å². The molecule has 0 aliphatic carbocycles. The van der Waals surface area contributed by atoms with Crippen molar-refractivity contribution in [1.29, 1.82) is 0 Å². The van der Waals surface area contributed by atoms with Crippen molar-refractivity contribution < 1.29 is 32.5 Å². The molecule has 2 N–H and O–H groups in total. The summed E-state index contributed by atoms with van der Waals surface area (Å²) in [5.41, 5.74) is 2.62. The van der Waals surface area contributed by atoms with Crippen molar-refractivity contribution in [2.24, 2.45) is 0 Å². The summed E-state index contributed by atoms with van der Waals surface area (Å²) in [6.45, 7) is 0. The van der Waals surface area contributed by atoms with Gasteiger partial charge < -0.3 is 0 Å². The molecule has 0 saturated heterocycles. The molecule has 0 bridgehead atoms. The number of rotatable bonds is 9. The molecule has 3 aromatic rings. The first-order chi connectivity index (χ1) is 14.9. The molecule has 0 heterocycles. The second-order valence-electron chi connectivity index (χ2n) is 7.32. The van der Waals surface area contributed by atoms with Crippen LogP contribution in [0.3, 0.4) is 0 Å². The molecule has 0 fully saturated rings. The molecule has 2 unspecified atom stereocenters. The number of likely N-dealkylation sites (N-methyl/N-ethyl adjacent to an activating group) is 1. The van der Waals surface area contributed by atoms with E-state index in [0.29, 0.717) is 6.42 Å². The van der Waals surface area contributed by atoms with Crippen molar-refractivity contribution >= 4 is 4.02 Å². The van der Waals surface area contributed by atoms with Gasteiger partial charge in [0.15, 0.2) is 0 Å². The molecule has 0 saturated carbocycles. The van der Waals surface area contributed by atoms with Crippen LogP contribution in [0, 0.1) is 0 Å². The molecule has 2 atom stereocenters. The summed E-state index contributed by atoms with van der Waals surface area (Å²) in [6, 6.07) is 26.0. The zero-order valence-corrected chi connectivity index (χ0v) is 20.1. The predicted molar refractivity (Wildman–Crippen MR) is 115 cm³/mol. The van der Waals surface area contributed by atoms with Crippen LogP contribution in [0.4, 0.5) is 13.2 Å². The Labute approximate surface area is 192 Å². The molecule has 31 heavy (non-hydrogen) atoms. The molecule has 162 valence electrons. The van der Waals surface area contributed by atoms with E-state index < -0.39 is 11.7 Å². The van der Waals surface area contributed by atoms with Crippen LogP contribution in [0.1, 0.15) is 40.8 Å². The van der Waals surface area contributed by atoms with E-state index in [2.05, 4.69) is 34.9 Å². The maximum atomic E-state index is 12.9. The van der Waals surface area contributed by atoms with E-state index in [9.17, 15) is 13.2 Å². The van der Waals surface area contributed by atoms with Gasteiger partial charge in [-0.15, -0.1) is 0 Å². The van der Waals surface area contributed by atoms with Gasteiger partial charge in [0.05, 0.1) is 0 Å². The van der Waals surface area contributed by atoms with Crippen LogP contribution in [-0.4, -0.2) is 11.1 Å². The second-order valence-corrected chi connectivity index (χ2v) is 8.90. The van der Waals surface area contributed by atoms with E-state index in [4.69, 9.17) is 0 Å². The number of nitrogens with one attached hydrogen (secondary N) is 2. The first-order valence-electron chi connectivity index (χ1n) is 10.1. The SMILES string of the molecule is CN[C](=[W])C(NC(CCc1ccc(C(F)(F)F)cc1)c1ccccc1)c1ccccc1. The van der Waals surface area contributed by atoms with Gasteiger partial charge in [-0.25, -0.2) is 0 Å². The Balaban J connectivity index is 1.81. The van der Waals surface area contributed by atoms with Gasteiger partial charge in [-0.3, -0.25) is 0 Å². The first kappa shape index (κ1) is 23.6. The summed E-state index contributed by atoms with van der Waals surface area (Å²) in [7, 11) is 1.93. The normalized spacial score (nSPS) is 13.5. The summed E-state index contributed by atoms with van der Waals surface area (Å²) < 4.78 is 39.7. The molecule has 0 aliphatic rings. The molecule has 3 aromatic carbocycles. The van der Waals surface area contributed by atoms with Gasteiger partial charge in [0.1, 0.15) is 0 Å². The number of benzene rings is 3. The van der Waals surface area contributed by atoms with Crippen molar-refractivity contribution in [2.75, 3.05) is 7.05 Å². The van der Waals surface area contributed by atoms with Gasteiger partial charge in [-0.05, 0) is 0 Å². The van der Waals surface area contributed by atoms with E-state index in [1.165, 1.54) is 28.9 Å². The van der Waals surface area contributed by atoms with Crippen LogP contribution >= 0.6 is 0 Å². The third-order valence-electron chi connectivity index (χ3n) is 5.21. The summed E-state index contributed by atoms with van der Waals surface area (Å²) in [6.07, 6.45) is -2.86. The average Bonchev–Trinajstić information content (AvgIpc) is 2.79. The van der Waals surface area contributed by atoms with Crippen LogP contribution in [0.5, 0.6) is 0 Å². The average molecular weight is 594 g/mol. The number of alkyl halides is 3. The van der Waals surface area contributed by atoms with Crippen LogP contribution < -0.4 is 10.6 Å². The van der Waals surface area contributed by atoms with Crippen LogP contribution in [0.2, 0.25) is 0 Å². The first-order valence-corrected chi connectivity index (χ1v) is 11.6. The summed E-state index contributed by atoms with van der Waals surface area (Å²) >= 11 is 1.36. The summed E-state index contributed by atoms with van der Waals surface area (Å²) in [5, 5.41) is 7.08. The Morgan fingerprint density at radius 2 is 1.39 bits per heavy atom. The standard InChI is InChI=1S/C25H25F3N2.W/c1-29-18-24(21-10-6-3-7-11-21)30-23(20-8-4-2-5-9-20)17-14-19-12-15-22(16-13-19)25(26,27)28;/h2-13,15-16,23-24,29-30H,14,17H2,1H3;. The van der Waals surface area contributed by atoms with Gasteiger partial charge in [0.2, 0.25) is 0 Å². The zero-order valence-electron chi connectivity index (χ0n) is 17.2. The Hall–Kier alpha value is -2.07. The molecular formula is C25H25F3N2W. The Kier molecular flexibility index (Phi) is 8.36. The monoisotopic (exact) mass is 594 g/mol. The minimum absolute atomic E-state index is 0.0408. The van der Waals surface area contributed by atoms with E-state index in [0.717, 1.165) is 29.7 Å². The predicted octanol–water partition coefficient (Wildman–Crippen LogP) is 5.61. The van der Waals surface area contributed by atoms with E-state index in [1.807, 2.05) is 43.4 Å². The number of halogens is 3. The van der Waals surface area contributed by atoms with Gasteiger partial charge in [0.25, 0.3) is 0 Å². The molecule has 0 aromatic heterocycles. The Morgan fingerprint density at radius 3 is 1.90 bits per heavy atom. The summed E-state index contributed by atoms with van der Waals surface area (Å²) in [5.74, 6) is 0. The van der Waals surface area contributed by atoms with Gasteiger partial charge in [-0.2, -0.15) is 0 Å². The number of hydrogen-bond donors (Lipinski definition) is 2. The molecule has 0 radical (unpaired) electrons. The molecule has 0 amide bonds. The number of hydrogen-bond acceptors (Lipinski definition) is 2. The van der Waals surface area contributed by atoms with Crippen molar-refractivity contribution in [3.8, 4) is 0 Å². The van der Waals surface area contributed by atoms with Crippen molar-refractivity contribution in [3.63, 3.8) is 0 Å². The molecule has 0 spiro atoms. The van der Waals surface area contributed by atoms with Gasteiger partial charge >= 0.3 is 193 Å². The topological polar surface area (TPSA) is 24.1 Å². The zero-order chi connectivity index (χ0) is 22.3. The molecule has 0 aliphatic heterocycles. The fourth-order valence-electron chi connectivity index (χ4n) is 3.52. The van der Waals surface area contributed by atoms with Crippen LogP contribution in [-0.2, 0) is 32.0 Å². The minimum atomic E-state index is -4.31. The van der Waals surface area contributed by atoms with E-state index in [-0.39, 0.29) is 12.1 Å². The third-order valence-corrected chi connectivity index (χ3v) is 6.79. The number of aryl methyl sites for hydroxylation is 1. The third kappa shape index (κ3) is 6.70. The Bertz CT molecular complexity index is 958. The maximum absolute atomic E-state index is 12.9. The molecular weight excluding hydrogens is 569 g/mol. The van der Waals surface area contributed by atoms with E-state index >= 15 is 0 Å². The van der Waals surface area contributed by atoms with Gasteiger partial charge in [0, 0.05) is 0 Å². The molecule has 2 nitrogen and oxygen atoms in total. The van der Waals surface area contributed by atoms with Crippen LogP contribution in [0.25, 0.3) is 0 Å². The Morgan fingerprint density at radius 1 is 0.839 bits per heavy atom. The quantitative estimate of drug-likeness (QED) is 0.337. The summed E-state index contributed by atoms with van der Waals surface area (Å²) in [4.78, 5) is 0. The van der Waals surface area contributed by atoms with Crippen molar-refractivity contribution in [2.45, 2.75) is 31.1 Å². The van der Waals surface area contributed by atoms with Gasteiger partial charge in [-0.1, -0.05) is 0 Å². The van der Waals surface area contributed by atoms with Crippen LogP contribution in [0.15, 0.2) is 84.9 Å². The molecule has 3 rings (SSSR count).